The molecule has 0 saturated carbocycles. The first-order chi connectivity index (χ1) is 13.3. The van der Waals surface area contributed by atoms with Crippen LogP contribution in [0.2, 0.25) is 0 Å². The molecule has 0 aliphatic rings. The zero-order chi connectivity index (χ0) is 20.5. The fourth-order valence-electron chi connectivity index (χ4n) is 3.13. The van der Waals surface area contributed by atoms with Crippen molar-refractivity contribution in [2.75, 3.05) is 10.8 Å². The number of anilines is 1. The van der Waals surface area contributed by atoms with Crippen LogP contribution in [0.25, 0.3) is 11.0 Å². The van der Waals surface area contributed by atoms with Crippen LogP contribution in [0.5, 0.6) is 0 Å². The second-order valence-corrected chi connectivity index (χ2v) is 8.51. The minimum absolute atomic E-state index is 0.0774. The zero-order valence-corrected chi connectivity index (χ0v) is 16.9. The summed E-state index contributed by atoms with van der Waals surface area (Å²) in [5.41, 5.74) is 0.114. The molecule has 0 atom stereocenters. The summed E-state index contributed by atoms with van der Waals surface area (Å²) < 4.78 is 30.6. The highest BCUT2D eigenvalue weighted by molar-refractivity contribution is 7.92. The quantitative estimate of drug-likeness (QED) is 0.593. The van der Waals surface area contributed by atoms with Crippen molar-refractivity contribution in [3.63, 3.8) is 0 Å². The summed E-state index contributed by atoms with van der Waals surface area (Å²) in [4.78, 5) is 24.2. The van der Waals surface area contributed by atoms with Crippen LogP contribution in [0.4, 0.5) is 5.69 Å². The third-order valence-electron chi connectivity index (χ3n) is 4.81. The minimum atomic E-state index is -3.84. The van der Waals surface area contributed by atoms with E-state index in [1.165, 1.54) is 39.7 Å². The van der Waals surface area contributed by atoms with E-state index < -0.39 is 21.1 Å². The van der Waals surface area contributed by atoms with Gasteiger partial charge in [-0.3, -0.25) is 13.9 Å². The molecule has 8 heteroatoms. The number of benzene rings is 2. The summed E-state index contributed by atoms with van der Waals surface area (Å²) in [6.07, 6.45) is 1.57. The molecule has 148 valence electrons. The number of hydrogen-bond donors (Lipinski definition) is 0. The van der Waals surface area contributed by atoms with E-state index in [-0.39, 0.29) is 4.90 Å². The molecule has 3 rings (SSSR count). The predicted octanol–water partition coefficient (Wildman–Crippen LogP) is 2.23. The highest BCUT2D eigenvalue weighted by Crippen LogP contribution is 2.26. The van der Waals surface area contributed by atoms with Gasteiger partial charge in [0.25, 0.3) is 10.0 Å². The van der Waals surface area contributed by atoms with Crippen LogP contribution in [0.3, 0.4) is 0 Å². The van der Waals surface area contributed by atoms with Crippen molar-refractivity contribution in [2.45, 2.75) is 24.7 Å². The van der Waals surface area contributed by atoms with Gasteiger partial charge in [0.15, 0.2) is 0 Å². The fourth-order valence-corrected chi connectivity index (χ4v) is 4.66. The predicted molar refractivity (Wildman–Crippen MR) is 110 cm³/mol. The summed E-state index contributed by atoms with van der Waals surface area (Å²) in [5, 5.41) is 0. The van der Waals surface area contributed by atoms with Crippen molar-refractivity contribution in [3.05, 3.63) is 69.2 Å². The molecule has 0 unspecified atom stereocenters. The Bertz CT molecular complexity index is 1230. The summed E-state index contributed by atoms with van der Waals surface area (Å²) in [5.74, 6) is 0. The van der Waals surface area contributed by atoms with Crippen molar-refractivity contribution in [1.29, 1.82) is 0 Å². The third-order valence-corrected chi connectivity index (χ3v) is 6.63. The van der Waals surface area contributed by atoms with E-state index in [0.717, 1.165) is 6.42 Å². The highest BCUT2D eigenvalue weighted by Gasteiger charge is 2.25. The SMILES string of the molecule is CCCCN(c1ccccc1)S(=O)(=O)c1ccc2c(c1)n(C)c(=O)c(=O)n2C. The molecule has 2 aromatic carbocycles. The van der Waals surface area contributed by atoms with E-state index in [4.69, 9.17) is 0 Å². The topological polar surface area (TPSA) is 81.4 Å². The molecule has 28 heavy (non-hydrogen) atoms. The Morgan fingerprint density at radius 2 is 1.50 bits per heavy atom. The Morgan fingerprint density at radius 1 is 0.893 bits per heavy atom. The lowest BCUT2D eigenvalue weighted by molar-refractivity contribution is 0.588. The first kappa shape index (κ1) is 19.9. The number of para-hydroxylation sites is 1. The monoisotopic (exact) mass is 401 g/mol. The molecule has 0 bridgehead atoms. The first-order valence-electron chi connectivity index (χ1n) is 9.06. The molecular weight excluding hydrogens is 378 g/mol. The van der Waals surface area contributed by atoms with Crippen molar-refractivity contribution in [2.24, 2.45) is 14.1 Å². The Morgan fingerprint density at radius 3 is 2.11 bits per heavy atom. The molecule has 0 aliphatic heterocycles. The van der Waals surface area contributed by atoms with Crippen LogP contribution in [0.15, 0.2) is 63.0 Å². The third kappa shape index (κ3) is 3.35. The van der Waals surface area contributed by atoms with Crippen molar-refractivity contribution in [3.8, 4) is 0 Å². The van der Waals surface area contributed by atoms with Gasteiger partial charge in [0.05, 0.1) is 21.6 Å². The van der Waals surface area contributed by atoms with E-state index in [2.05, 4.69) is 0 Å². The van der Waals surface area contributed by atoms with Gasteiger partial charge in [-0.1, -0.05) is 31.5 Å². The molecule has 1 aromatic heterocycles. The van der Waals surface area contributed by atoms with Gasteiger partial charge in [0.2, 0.25) is 0 Å². The second kappa shape index (κ2) is 7.63. The maximum absolute atomic E-state index is 13.4. The highest BCUT2D eigenvalue weighted by atomic mass is 32.2. The van der Waals surface area contributed by atoms with Crippen molar-refractivity contribution >= 4 is 26.7 Å². The molecule has 0 N–H and O–H groups in total. The van der Waals surface area contributed by atoms with Gasteiger partial charge in [0, 0.05) is 20.6 Å². The number of hydrogen-bond acceptors (Lipinski definition) is 4. The molecule has 0 amide bonds. The molecule has 7 nitrogen and oxygen atoms in total. The molecule has 0 aliphatic carbocycles. The Hall–Kier alpha value is -2.87. The first-order valence-corrected chi connectivity index (χ1v) is 10.5. The number of rotatable bonds is 6. The average Bonchev–Trinajstić information content (AvgIpc) is 2.71. The van der Waals surface area contributed by atoms with E-state index in [1.54, 1.807) is 30.3 Å². The molecule has 0 radical (unpaired) electrons. The van der Waals surface area contributed by atoms with Gasteiger partial charge in [0.1, 0.15) is 0 Å². The Labute approximate surface area is 163 Å². The number of fused-ring (bicyclic) bond motifs is 1. The van der Waals surface area contributed by atoms with E-state index >= 15 is 0 Å². The lowest BCUT2D eigenvalue weighted by Gasteiger charge is -2.24. The van der Waals surface area contributed by atoms with Crippen molar-refractivity contribution in [1.82, 2.24) is 9.13 Å². The molecule has 0 spiro atoms. The Kier molecular flexibility index (Phi) is 5.42. The van der Waals surface area contributed by atoms with Gasteiger partial charge >= 0.3 is 11.1 Å². The maximum atomic E-state index is 13.4. The molecule has 3 aromatic rings. The van der Waals surface area contributed by atoms with Gasteiger partial charge in [-0.15, -0.1) is 0 Å². The second-order valence-electron chi connectivity index (χ2n) is 6.65. The fraction of sp³-hybridized carbons (Fsp3) is 0.300. The normalized spacial score (nSPS) is 11.7. The number of aromatic nitrogens is 2. The lowest BCUT2D eigenvalue weighted by Crippen LogP contribution is -2.39. The van der Waals surface area contributed by atoms with Gasteiger partial charge in [-0.25, -0.2) is 8.42 Å². The largest absolute Gasteiger partial charge is 0.316 e. The number of nitrogens with zero attached hydrogens (tertiary/aromatic N) is 3. The molecule has 0 saturated heterocycles. The van der Waals surface area contributed by atoms with Crippen LogP contribution in [-0.4, -0.2) is 24.1 Å². The van der Waals surface area contributed by atoms with E-state index in [9.17, 15) is 18.0 Å². The summed E-state index contributed by atoms with van der Waals surface area (Å²) in [6.45, 7) is 2.36. The number of unbranched alkanes of at least 4 members (excludes halogenated alkanes) is 1. The van der Waals surface area contributed by atoms with Crippen LogP contribution in [-0.2, 0) is 24.1 Å². The summed E-state index contributed by atoms with van der Waals surface area (Å²) >= 11 is 0. The van der Waals surface area contributed by atoms with Crippen molar-refractivity contribution < 1.29 is 8.42 Å². The van der Waals surface area contributed by atoms with Crippen LogP contribution in [0, 0.1) is 0 Å². The van der Waals surface area contributed by atoms with Gasteiger partial charge < -0.3 is 9.13 Å². The van der Waals surface area contributed by atoms with E-state index in [1.807, 2.05) is 13.0 Å². The molecule has 0 fully saturated rings. The smallest absolute Gasteiger partial charge is 0.305 e. The summed E-state index contributed by atoms with van der Waals surface area (Å²) in [6, 6.07) is 13.4. The molecule has 1 heterocycles. The number of aryl methyl sites for hydroxylation is 2. The lowest BCUT2D eigenvalue weighted by atomic mass is 10.3. The average molecular weight is 401 g/mol. The molecular formula is C20H23N3O4S. The van der Waals surface area contributed by atoms with Crippen LogP contribution >= 0.6 is 0 Å². The zero-order valence-electron chi connectivity index (χ0n) is 16.1. The van der Waals surface area contributed by atoms with Gasteiger partial charge in [-0.05, 0) is 36.8 Å². The maximum Gasteiger partial charge on any atom is 0.316 e. The minimum Gasteiger partial charge on any atom is -0.305 e. The van der Waals surface area contributed by atoms with Crippen LogP contribution in [0.1, 0.15) is 19.8 Å². The standard InChI is InChI=1S/C20H23N3O4S/c1-4-5-13-23(15-9-7-6-8-10-15)28(26,27)16-11-12-17-18(14-16)22(3)20(25)19(24)21(17)2/h6-12,14H,4-5,13H2,1-3H3. The summed E-state index contributed by atoms with van der Waals surface area (Å²) in [7, 11) is -0.875. The number of sulfonamides is 1. The Balaban J connectivity index is 2.21. The van der Waals surface area contributed by atoms with Crippen LogP contribution < -0.4 is 15.4 Å². The van der Waals surface area contributed by atoms with E-state index in [0.29, 0.717) is 29.7 Å². The van der Waals surface area contributed by atoms with Gasteiger partial charge in [-0.2, -0.15) is 0 Å².